The summed E-state index contributed by atoms with van der Waals surface area (Å²) in [6.45, 7) is 0.828. The van der Waals surface area contributed by atoms with Crippen molar-refractivity contribution in [3.05, 3.63) is 0 Å². The largest absolute Gasteiger partial charge is 0.330 e. The van der Waals surface area contributed by atoms with Crippen LogP contribution < -0.4 is 5.73 Å². The first kappa shape index (κ1) is 8.07. The molecular formula is C10H16N2. The molecule has 2 N–H and O–H groups in total. The van der Waals surface area contributed by atoms with Gasteiger partial charge in [-0.1, -0.05) is 0 Å². The quantitative estimate of drug-likeness (QED) is 0.642. The highest BCUT2D eigenvalue weighted by molar-refractivity contribution is 5.09. The number of hydrogen-bond donors (Lipinski definition) is 1. The molecule has 0 aromatic rings. The molecular weight excluding hydrogens is 148 g/mol. The summed E-state index contributed by atoms with van der Waals surface area (Å²) in [5.41, 5.74) is 6.26. The van der Waals surface area contributed by atoms with Crippen LogP contribution in [0.3, 0.4) is 0 Å². The molecule has 0 unspecified atom stereocenters. The zero-order valence-electron chi connectivity index (χ0n) is 7.47. The third kappa shape index (κ3) is 0.964. The molecule has 0 aromatic carbocycles. The summed E-state index contributed by atoms with van der Waals surface area (Å²) in [5, 5.41) is 9.04. The molecule has 0 aliphatic heterocycles. The highest BCUT2D eigenvalue weighted by atomic mass is 14.6. The number of nitrogens with two attached hydrogens (primary N) is 1. The number of hydrogen-bond acceptors (Lipinski definition) is 2. The molecule has 2 nitrogen and oxygen atoms in total. The fraction of sp³-hybridized carbons (Fsp3) is 0.900. The fourth-order valence-electron chi connectivity index (χ4n) is 2.74. The van der Waals surface area contributed by atoms with E-state index in [0.29, 0.717) is 5.41 Å². The Morgan fingerprint density at radius 2 is 1.58 bits per heavy atom. The van der Waals surface area contributed by atoms with Crippen LogP contribution in [-0.2, 0) is 0 Å². The topological polar surface area (TPSA) is 49.8 Å². The van der Waals surface area contributed by atoms with Gasteiger partial charge in [0.1, 0.15) is 0 Å². The van der Waals surface area contributed by atoms with Crippen molar-refractivity contribution in [3.63, 3.8) is 0 Å². The third-order valence-corrected chi connectivity index (χ3v) is 4.07. The number of nitriles is 1. The van der Waals surface area contributed by atoms with Gasteiger partial charge in [0.2, 0.25) is 0 Å². The molecule has 0 radical (unpaired) electrons. The molecule has 0 saturated heterocycles. The van der Waals surface area contributed by atoms with Crippen molar-refractivity contribution >= 4 is 0 Å². The Morgan fingerprint density at radius 1 is 1.08 bits per heavy atom. The van der Waals surface area contributed by atoms with E-state index in [9.17, 15) is 0 Å². The van der Waals surface area contributed by atoms with E-state index in [1.54, 1.807) is 0 Å². The molecule has 3 aliphatic carbocycles. The smallest absolute Gasteiger partial charge is 0.0689 e. The number of nitrogens with zero attached hydrogens (tertiary/aromatic N) is 1. The van der Waals surface area contributed by atoms with E-state index in [1.165, 1.54) is 19.3 Å². The van der Waals surface area contributed by atoms with E-state index in [0.717, 1.165) is 25.8 Å². The Bertz CT molecular complexity index is 202. The summed E-state index contributed by atoms with van der Waals surface area (Å²) < 4.78 is 0. The maximum atomic E-state index is 9.04. The summed E-state index contributed by atoms with van der Waals surface area (Å²) in [6.07, 6.45) is 6.87. The Balaban J connectivity index is 2.15. The first-order chi connectivity index (χ1) is 5.74. The summed E-state index contributed by atoms with van der Waals surface area (Å²) in [6, 6.07) is 2.51. The van der Waals surface area contributed by atoms with Crippen molar-refractivity contribution < 1.29 is 0 Å². The average Bonchev–Trinajstić information content (AvgIpc) is 2.21. The van der Waals surface area contributed by atoms with Crippen molar-refractivity contribution in [1.82, 2.24) is 0 Å². The lowest BCUT2D eigenvalue weighted by atomic mass is 9.54. The maximum absolute atomic E-state index is 9.04. The normalized spacial score (nSPS) is 45.7. The monoisotopic (exact) mass is 164 g/mol. The predicted molar refractivity (Wildman–Crippen MR) is 47.2 cm³/mol. The van der Waals surface area contributed by atoms with E-state index in [1.807, 2.05) is 0 Å². The molecule has 0 atom stereocenters. The first-order valence-corrected chi connectivity index (χ1v) is 4.86. The van der Waals surface area contributed by atoms with Crippen LogP contribution >= 0.6 is 0 Å². The second-order valence-electron chi connectivity index (χ2n) is 4.60. The molecule has 3 aliphatic rings. The lowest BCUT2D eigenvalue weighted by Crippen LogP contribution is -2.44. The van der Waals surface area contributed by atoms with E-state index >= 15 is 0 Å². The number of fused-ring (bicyclic) bond motifs is 3. The van der Waals surface area contributed by atoms with Crippen LogP contribution in [0.4, 0.5) is 0 Å². The van der Waals surface area contributed by atoms with Gasteiger partial charge in [-0.05, 0) is 50.5 Å². The summed E-state index contributed by atoms with van der Waals surface area (Å²) >= 11 is 0. The Morgan fingerprint density at radius 3 is 1.92 bits per heavy atom. The highest BCUT2D eigenvalue weighted by Crippen LogP contribution is 2.55. The average molecular weight is 164 g/mol. The Kier molecular flexibility index (Phi) is 1.66. The molecule has 3 fully saturated rings. The highest BCUT2D eigenvalue weighted by Gasteiger charge is 2.47. The lowest BCUT2D eigenvalue weighted by molar-refractivity contribution is 0.0331. The lowest BCUT2D eigenvalue weighted by Gasteiger charge is -2.50. The van der Waals surface area contributed by atoms with Crippen molar-refractivity contribution in [2.75, 3.05) is 6.54 Å². The van der Waals surface area contributed by atoms with Gasteiger partial charge in [-0.15, -0.1) is 0 Å². The molecule has 3 saturated carbocycles. The van der Waals surface area contributed by atoms with Crippen molar-refractivity contribution in [1.29, 1.82) is 5.26 Å². The van der Waals surface area contributed by atoms with Crippen LogP contribution in [0.1, 0.15) is 38.5 Å². The minimum Gasteiger partial charge on any atom is -0.330 e. The zero-order valence-corrected chi connectivity index (χ0v) is 7.47. The molecule has 2 heteroatoms. The van der Waals surface area contributed by atoms with Gasteiger partial charge >= 0.3 is 0 Å². The maximum Gasteiger partial charge on any atom is 0.0689 e. The van der Waals surface area contributed by atoms with Gasteiger partial charge in [-0.25, -0.2) is 0 Å². The van der Waals surface area contributed by atoms with E-state index in [4.69, 9.17) is 11.0 Å². The summed E-state index contributed by atoms with van der Waals surface area (Å²) in [4.78, 5) is 0. The van der Waals surface area contributed by atoms with Crippen LogP contribution in [0.2, 0.25) is 0 Å². The van der Waals surface area contributed by atoms with Crippen LogP contribution in [0.5, 0.6) is 0 Å². The Hall–Kier alpha value is -0.550. The van der Waals surface area contributed by atoms with Gasteiger partial charge in [0.25, 0.3) is 0 Å². The van der Waals surface area contributed by atoms with Gasteiger partial charge in [0, 0.05) is 0 Å². The molecule has 2 bridgehead atoms. The standard InChI is InChI=1S/C10H16N2/c11-7-9-1-2-10(8-12,5-3-9)6-4-9/h1-7,11H2/t9-,10+. The van der Waals surface area contributed by atoms with E-state index < -0.39 is 0 Å². The molecule has 0 amide bonds. The predicted octanol–water partition coefficient (Wildman–Crippen LogP) is 1.81. The Labute approximate surface area is 73.7 Å². The fourth-order valence-corrected chi connectivity index (χ4v) is 2.74. The second kappa shape index (κ2) is 2.47. The minimum atomic E-state index is 0.0525. The van der Waals surface area contributed by atoms with Crippen LogP contribution in [-0.4, -0.2) is 6.54 Å². The first-order valence-electron chi connectivity index (χ1n) is 4.86. The molecule has 66 valence electrons. The van der Waals surface area contributed by atoms with Gasteiger partial charge in [-0.3, -0.25) is 0 Å². The number of rotatable bonds is 1. The molecule has 3 rings (SSSR count). The third-order valence-electron chi connectivity index (χ3n) is 4.07. The van der Waals surface area contributed by atoms with Gasteiger partial charge in [-0.2, -0.15) is 5.26 Å². The van der Waals surface area contributed by atoms with E-state index in [-0.39, 0.29) is 5.41 Å². The van der Waals surface area contributed by atoms with Crippen molar-refractivity contribution in [3.8, 4) is 6.07 Å². The SMILES string of the molecule is N#C[C@]12CC[C@](CN)(CC1)CC2. The van der Waals surface area contributed by atoms with Crippen molar-refractivity contribution in [2.24, 2.45) is 16.6 Å². The molecule has 0 aromatic heterocycles. The molecule has 12 heavy (non-hydrogen) atoms. The zero-order chi connectivity index (χ0) is 8.66. The van der Waals surface area contributed by atoms with Crippen LogP contribution in [0, 0.1) is 22.2 Å². The summed E-state index contributed by atoms with van der Waals surface area (Å²) in [5.74, 6) is 0. The van der Waals surface area contributed by atoms with Gasteiger partial charge < -0.3 is 5.73 Å². The molecule has 0 spiro atoms. The summed E-state index contributed by atoms with van der Waals surface area (Å²) in [7, 11) is 0. The van der Waals surface area contributed by atoms with Crippen LogP contribution in [0.25, 0.3) is 0 Å². The van der Waals surface area contributed by atoms with Gasteiger partial charge in [0.15, 0.2) is 0 Å². The van der Waals surface area contributed by atoms with Crippen LogP contribution in [0.15, 0.2) is 0 Å². The molecule has 0 heterocycles. The second-order valence-corrected chi connectivity index (χ2v) is 4.60. The van der Waals surface area contributed by atoms with E-state index in [2.05, 4.69) is 6.07 Å². The van der Waals surface area contributed by atoms with Gasteiger partial charge in [0.05, 0.1) is 11.5 Å². The minimum absolute atomic E-state index is 0.0525. The van der Waals surface area contributed by atoms with Crippen molar-refractivity contribution in [2.45, 2.75) is 38.5 Å².